The number of hydrogen-bond acceptors (Lipinski definition) is 2. The summed E-state index contributed by atoms with van der Waals surface area (Å²) in [5.41, 5.74) is 1.53. The smallest absolute Gasteiger partial charge is 0.0288 e. The molecule has 0 radical (unpaired) electrons. The monoisotopic (exact) mass is 257 g/mol. The lowest BCUT2D eigenvalue weighted by molar-refractivity contribution is 0.613. The molecular weight excluding hydrogens is 246 g/mol. The van der Waals surface area contributed by atoms with Crippen LogP contribution in [0.25, 0.3) is 6.08 Å². The largest absolute Gasteiger partial charge is 0.313 e. The predicted octanol–water partition coefficient (Wildman–Crippen LogP) is 3.28. The van der Waals surface area contributed by atoms with Crippen LogP contribution in [0.3, 0.4) is 0 Å². The number of thiophene rings is 1. The van der Waals surface area contributed by atoms with Gasteiger partial charge in [0.05, 0.1) is 0 Å². The normalized spacial score (nSPS) is 20.8. The molecule has 1 aromatic rings. The molecule has 13 heavy (non-hydrogen) atoms. The van der Waals surface area contributed by atoms with Gasteiger partial charge in [-0.05, 0) is 47.5 Å². The maximum Gasteiger partial charge on any atom is 0.0288 e. The molecule has 1 aliphatic heterocycles. The Morgan fingerprint density at radius 2 is 2.46 bits per heavy atom. The molecular formula is C10H12BrNS. The number of rotatable bonds is 1. The molecule has 0 bridgehead atoms. The molecule has 2 rings (SSSR count). The number of hydrogen-bond donors (Lipinski definition) is 1. The molecule has 2 heterocycles. The Bertz CT molecular complexity index is 308. The third-order valence-electron chi connectivity index (χ3n) is 2.14. The molecule has 0 saturated carbocycles. The molecule has 0 aromatic carbocycles. The van der Waals surface area contributed by atoms with Crippen LogP contribution in [-0.2, 0) is 0 Å². The minimum atomic E-state index is 1.06. The van der Waals surface area contributed by atoms with E-state index in [-0.39, 0.29) is 0 Å². The van der Waals surface area contributed by atoms with E-state index in [0.29, 0.717) is 0 Å². The van der Waals surface area contributed by atoms with Crippen LogP contribution < -0.4 is 5.32 Å². The number of nitrogens with one attached hydrogen (secondary N) is 1. The molecule has 70 valence electrons. The van der Waals surface area contributed by atoms with Crippen molar-refractivity contribution in [1.29, 1.82) is 0 Å². The van der Waals surface area contributed by atoms with Crippen LogP contribution in [-0.4, -0.2) is 13.1 Å². The van der Waals surface area contributed by atoms with Crippen molar-refractivity contribution < 1.29 is 0 Å². The zero-order valence-corrected chi connectivity index (χ0v) is 9.75. The maximum atomic E-state index is 3.46. The Balaban J connectivity index is 2.09. The summed E-state index contributed by atoms with van der Waals surface area (Å²) in [6, 6.07) is 2.17. The van der Waals surface area contributed by atoms with Gasteiger partial charge in [0.25, 0.3) is 0 Å². The van der Waals surface area contributed by atoms with Crippen LogP contribution in [0.2, 0.25) is 0 Å². The first kappa shape index (κ1) is 9.44. The van der Waals surface area contributed by atoms with E-state index in [1.165, 1.54) is 34.3 Å². The van der Waals surface area contributed by atoms with Gasteiger partial charge < -0.3 is 5.32 Å². The Hall–Kier alpha value is -0.120. The second-order valence-corrected chi connectivity index (χ2v) is 5.11. The highest BCUT2D eigenvalue weighted by atomic mass is 79.9. The Morgan fingerprint density at radius 1 is 1.54 bits per heavy atom. The fraction of sp³-hybridized carbons (Fsp3) is 0.400. The van der Waals surface area contributed by atoms with Crippen molar-refractivity contribution in [3.8, 4) is 0 Å². The SMILES string of the molecule is Brc1csc(C=C2CCCNC2)c1. The highest BCUT2D eigenvalue weighted by Crippen LogP contribution is 2.23. The summed E-state index contributed by atoms with van der Waals surface area (Å²) < 4.78 is 1.19. The van der Waals surface area contributed by atoms with Gasteiger partial charge in [0.1, 0.15) is 0 Å². The summed E-state index contributed by atoms with van der Waals surface area (Å²) in [6.45, 7) is 2.24. The van der Waals surface area contributed by atoms with Crippen LogP contribution in [0, 0.1) is 0 Å². The van der Waals surface area contributed by atoms with Crippen molar-refractivity contribution in [1.82, 2.24) is 5.32 Å². The highest BCUT2D eigenvalue weighted by Gasteiger charge is 2.04. The van der Waals surface area contributed by atoms with Gasteiger partial charge in [0, 0.05) is 21.3 Å². The van der Waals surface area contributed by atoms with Crippen LogP contribution in [0.1, 0.15) is 17.7 Å². The lowest BCUT2D eigenvalue weighted by Gasteiger charge is -2.14. The van der Waals surface area contributed by atoms with Gasteiger partial charge in [-0.15, -0.1) is 11.3 Å². The Morgan fingerprint density at radius 3 is 3.08 bits per heavy atom. The van der Waals surface area contributed by atoms with Crippen molar-refractivity contribution in [3.05, 3.63) is 26.4 Å². The Kier molecular flexibility index (Phi) is 3.19. The van der Waals surface area contributed by atoms with Gasteiger partial charge in [0.15, 0.2) is 0 Å². The zero-order chi connectivity index (χ0) is 9.10. The van der Waals surface area contributed by atoms with Crippen molar-refractivity contribution in [2.75, 3.05) is 13.1 Å². The van der Waals surface area contributed by atoms with E-state index in [1.807, 2.05) is 0 Å². The summed E-state index contributed by atoms with van der Waals surface area (Å²) in [6.07, 6.45) is 4.84. The lowest BCUT2D eigenvalue weighted by Crippen LogP contribution is -2.23. The van der Waals surface area contributed by atoms with Crippen molar-refractivity contribution in [3.63, 3.8) is 0 Å². The van der Waals surface area contributed by atoms with Crippen LogP contribution in [0.5, 0.6) is 0 Å². The van der Waals surface area contributed by atoms with E-state index in [2.05, 4.69) is 38.8 Å². The summed E-state index contributed by atoms with van der Waals surface area (Å²) in [5, 5.41) is 5.51. The summed E-state index contributed by atoms with van der Waals surface area (Å²) in [5.74, 6) is 0. The van der Waals surface area contributed by atoms with Gasteiger partial charge in [-0.2, -0.15) is 0 Å². The first-order valence-corrected chi connectivity index (χ1v) is 6.16. The van der Waals surface area contributed by atoms with E-state index >= 15 is 0 Å². The molecule has 1 saturated heterocycles. The molecule has 0 amide bonds. The number of halogens is 1. The molecule has 0 unspecified atom stereocenters. The standard InChI is InChI=1S/C10H12BrNS/c11-9-5-10(13-7-9)4-8-2-1-3-12-6-8/h4-5,7,12H,1-3,6H2. The van der Waals surface area contributed by atoms with E-state index < -0.39 is 0 Å². The van der Waals surface area contributed by atoms with E-state index in [1.54, 1.807) is 11.3 Å². The summed E-state index contributed by atoms with van der Waals surface area (Å²) >= 11 is 5.25. The second kappa shape index (κ2) is 4.40. The van der Waals surface area contributed by atoms with Gasteiger partial charge in [-0.3, -0.25) is 0 Å². The molecule has 1 N–H and O–H groups in total. The predicted molar refractivity (Wildman–Crippen MR) is 62.1 cm³/mol. The van der Waals surface area contributed by atoms with Gasteiger partial charge in [-0.25, -0.2) is 0 Å². The fourth-order valence-electron chi connectivity index (χ4n) is 1.51. The van der Waals surface area contributed by atoms with E-state index in [0.717, 1.165) is 6.54 Å². The topological polar surface area (TPSA) is 12.0 Å². The highest BCUT2D eigenvalue weighted by molar-refractivity contribution is 9.10. The van der Waals surface area contributed by atoms with Crippen LogP contribution in [0.4, 0.5) is 0 Å². The van der Waals surface area contributed by atoms with E-state index in [9.17, 15) is 0 Å². The lowest BCUT2D eigenvalue weighted by atomic mass is 10.1. The third kappa shape index (κ3) is 2.66. The fourth-order valence-corrected chi connectivity index (χ4v) is 2.93. The zero-order valence-electron chi connectivity index (χ0n) is 7.35. The van der Waals surface area contributed by atoms with Crippen molar-refractivity contribution >= 4 is 33.3 Å². The molecule has 0 aliphatic carbocycles. The molecule has 3 heteroatoms. The molecule has 1 fully saturated rings. The molecule has 1 aliphatic rings. The molecule has 0 atom stereocenters. The average Bonchev–Trinajstić information content (AvgIpc) is 2.53. The third-order valence-corrected chi connectivity index (χ3v) is 3.78. The van der Waals surface area contributed by atoms with E-state index in [4.69, 9.17) is 0 Å². The maximum absolute atomic E-state index is 3.46. The van der Waals surface area contributed by atoms with Crippen LogP contribution >= 0.6 is 27.3 Å². The van der Waals surface area contributed by atoms with Gasteiger partial charge in [-0.1, -0.05) is 5.57 Å². The molecule has 0 spiro atoms. The minimum Gasteiger partial charge on any atom is -0.313 e. The minimum absolute atomic E-state index is 1.06. The number of piperidine rings is 1. The van der Waals surface area contributed by atoms with Gasteiger partial charge >= 0.3 is 0 Å². The van der Waals surface area contributed by atoms with Crippen molar-refractivity contribution in [2.45, 2.75) is 12.8 Å². The summed E-state index contributed by atoms with van der Waals surface area (Å²) in [4.78, 5) is 1.35. The molecule has 1 nitrogen and oxygen atoms in total. The summed E-state index contributed by atoms with van der Waals surface area (Å²) in [7, 11) is 0. The van der Waals surface area contributed by atoms with Crippen LogP contribution in [0.15, 0.2) is 21.5 Å². The Labute approximate surface area is 91.0 Å². The average molecular weight is 258 g/mol. The molecule has 1 aromatic heterocycles. The van der Waals surface area contributed by atoms with Crippen molar-refractivity contribution in [2.24, 2.45) is 0 Å². The second-order valence-electron chi connectivity index (χ2n) is 3.25. The first-order valence-electron chi connectivity index (χ1n) is 4.49. The quantitative estimate of drug-likeness (QED) is 0.815. The van der Waals surface area contributed by atoms with Gasteiger partial charge in [0.2, 0.25) is 0 Å². The first-order chi connectivity index (χ1) is 6.34.